The summed E-state index contributed by atoms with van der Waals surface area (Å²) in [5, 5.41) is 0. The summed E-state index contributed by atoms with van der Waals surface area (Å²) in [7, 11) is 0. The lowest BCUT2D eigenvalue weighted by atomic mass is 9.73. The molecule has 1 aromatic rings. The molecule has 0 N–H and O–H groups in total. The molecule has 0 saturated carbocycles. The molecule has 3 aliphatic rings. The van der Waals surface area contributed by atoms with Gasteiger partial charge >= 0.3 is 0 Å². The summed E-state index contributed by atoms with van der Waals surface area (Å²) in [4.78, 5) is 0. The highest BCUT2D eigenvalue weighted by molar-refractivity contribution is 9.11. The van der Waals surface area contributed by atoms with Crippen LogP contribution in [0, 0.1) is 5.92 Å². The maximum atomic E-state index is 3.66. The van der Waals surface area contributed by atoms with Gasteiger partial charge in [0, 0.05) is 10.4 Å². The van der Waals surface area contributed by atoms with Gasteiger partial charge in [-0.25, -0.2) is 0 Å². The standard InChI is InChI=1S/C15H13Br/c16-13-7-11-5-4-9-2-1-3-10-6-12(8-13)15(11)14(9)10/h1-3,7-8,11,15H,4-6H2. The first kappa shape index (κ1) is 9.23. The predicted octanol–water partition coefficient (Wildman–Crippen LogP) is 4.11. The van der Waals surface area contributed by atoms with E-state index in [-0.39, 0.29) is 0 Å². The number of halogens is 1. The SMILES string of the molecule is BrC1=CC2CCc3cccc4c3C2C(=C1)C4. The van der Waals surface area contributed by atoms with Crippen LogP contribution in [0.1, 0.15) is 29.0 Å². The van der Waals surface area contributed by atoms with Crippen molar-refractivity contribution in [1.29, 1.82) is 0 Å². The molecule has 80 valence electrons. The fourth-order valence-corrected chi connectivity index (χ4v) is 4.31. The summed E-state index contributed by atoms with van der Waals surface area (Å²) in [6.07, 6.45) is 8.50. The molecule has 2 atom stereocenters. The van der Waals surface area contributed by atoms with E-state index in [2.05, 4.69) is 46.3 Å². The third kappa shape index (κ3) is 1.10. The third-order valence-electron chi connectivity index (χ3n) is 4.26. The lowest BCUT2D eigenvalue weighted by Gasteiger charge is -2.32. The highest BCUT2D eigenvalue weighted by Crippen LogP contribution is 2.51. The molecule has 0 aliphatic heterocycles. The minimum absolute atomic E-state index is 0.709. The van der Waals surface area contributed by atoms with E-state index in [4.69, 9.17) is 0 Å². The summed E-state index contributed by atoms with van der Waals surface area (Å²) < 4.78 is 1.29. The summed E-state index contributed by atoms with van der Waals surface area (Å²) in [6.45, 7) is 0. The largest absolute Gasteiger partial charge is 0.0662 e. The van der Waals surface area contributed by atoms with Crippen LogP contribution >= 0.6 is 15.9 Å². The van der Waals surface area contributed by atoms with E-state index in [0.29, 0.717) is 5.92 Å². The minimum Gasteiger partial charge on any atom is -0.0662 e. The molecule has 4 rings (SSSR count). The second-order valence-corrected chi connectivity index (χ2v) is 6.03. The molecule has 0 aromatic heterocycles. The molecule has 0 bridgehead atoms. The second kappa shape index (κ2) is 3.10. The number of hydrogen-bond donors (Lipinski definition) is 0. The van der Waals surface area contributed by atoms with E-state index >= 15 is 0 Å². The molecule has 1 aromatic carbocycles. The molecule has 1 heteroatoms. The van der Waals surface area contributed by atoms with E-state index in [0.717, 1.165) is 5.92 Å². The van der Waals surface area contributed by atoms with Crippen LogP contribution in [-0.2, 0) is 12.8 Å². The van der Waals surface area contributed by atoms with Crippen molar-refractivity contribution in [3.8, 4) is 0 Å². The van der Waals surface area contributed by atoms with Crippen molar-refractivity contribution in [3.05, 3.63) is 57.1 Å². The average Bonchev–Trinajstić information content (AvgIpc) is 2.64. The molecule has 0 spiro atoms. The van der Waals surface area contributed by atoms with Crippen LogP contribution in [-0.4, -0.2) is 0 Å². The number of benzene rings is 1. The van der Waals surface area contributed by atoms with Crippen molar-refractivity contribution in [2.24, 2.45) is 5.92 Å². The molecule has 2 unspecified atom stereocenters. The summed E-state index contributed by atoms with van der Waals surface area (Å²) >= 11 is 3.66. The Morgan fingerprint density at radius 1 is 1.19 bits per heavy atom. The third-order valence-corrected chi connectivity index (χ3v) is 4.76. The first-order valence-corrected chi connectivity index (χ1v) is 6.80. The Hall–Kier alpha value is -0.820. The Morgan fingerprint density at radius 3 is 3.00 bits per heavy atom. The number of allylic oxidation sites excluding steroid dienone is 4. The van der Waals surface area contributed by atoms with Gasteiger partial charge in [0.25, 0.3) is 0 Å². The molecular weight excluding hydrogens is 260 g/mol. The Kier molecular flexibility index (Phi) is 1.79. The quantitative estimate of drug-likeness (QED) is 0.667. The van der Waals surface area contributed by atoms with Gasteiger partial charge < -0.3 is 0 Å². The van der Waals surface area contributed by atoms with E-state index in [1.54, 1.807) is 22.3 Å². The van der Waals surface area contributed by atoms with Gasteiger partial charge in [-0.15, -0.1) is 0 Å². The van der Waals surface area contributed by atoms with Crippen LogP contribution in [0.2, 0.25) is 0 Å². The van der Waals surface area contributed by atoms with Gasteiger partial charge in [-0.2, -0.15) is 0 Å². The van der Waals surface area contributed by atoms with Crippen molar-refractivity contribution in [2.45, 2.75) is 25.2 Å². The number of rotatable bonds is 0. The smallest absolute Gasteiger partial charge is 0.0138 e. The lowest BCUT2D eigenvalue weighted by molar-refractivity contribution is 0.491. The van der Waals surface area contributed by atoms with E-state index in [1.807, 2.05) is 0 Å². The van der Waals surface area contributed by atoms with Gasteiger partial charge in [0.2, 0.25) is 0 Å². The Morgan fingerprint density at radius 2 is 2.06 bits per heavy atom. The maximum absolute atomic E-state index is 3.66. The van der Waals surface area contributed by atoms with Crippen molar-refractivity contribution in [1.82, 2.24) is 0 Å². The van der Waals surface area contributed by atoms with E-state index in [9.17, 15) is 0 Å². The van der Waals surface area contributed by atoms with Crippen molar-refractivity contribution < 1.29 is 0 Å². The minimum atomic E-state index is 0.709. The van der Waals surface area contributed by atoms with Crippen molar-refractivity contribution in [3.63, 3.8) is 0 Å². The summed E-state index contributed by atoms with van der Waals surface area (Å²) in [5.74, 6) is 1.45. The van der Waals surface area contributed by atoms with E-state index < -0.39 is 0 Å². The molecule has 16 heavy (non-hydrogen) atoms. The van der Waals surface area contributed by atoms with Crippen molar-refractivity contribution >= 4 is 15.9 Å². The molecule has 0 amide bonds. The number of hydrogen-bond acceptors (Lipinski definition) is 0. The summed E-state index contributed by atoms with van der Waals surface area (Å²) in [5.41, 5.74) is 6.48. The van der Waals surface area contributed by atoms with Gasteiger partial charge in [0.1, 0.15) is 0 Å². The Bertz CT molecular complexity index is 536. The van der Waals surface area contributed by atoms with Crippen LogP contribution in [0.25, 0.3) is 0 Å². The molecule has 0 fully saturated rings. The van der Waals surface area contributed by atoms with Gasteiger partial charge in [-0.1, -0.05) is 45.8 Å². The maximum Gasteiger partial charge on any atom is 0.0138 e. The molecule has 0 saturated heterocycles. The van der Waals surface area contributed by atoms with Gasteiger partial charge in [0.05, 0.1) is 0 Å². The highest BCUT2D eigenvalue weighted by Gasteiger charge is 2.38. The fourth-order valence-electron chi connectivity index (χ4n) is 3.68. The molecule has 0 radical (unpaired) electrons. The Balaban J connectivity index is 1.98. The zero-order valence-electron chi connectivity index (χ0n) is 9.04. The zero-order valence-corrected chi connectivity index (χ0v) is 10.6. The van der Waals surface area contributed by atoms with Crippen LogP contribution in [0.4, 0.5) is 0 Å². The fraction of sp³-hybridized carbons (Fsp3) is 0.333. The average molecular weight is 273 g/mol. The van der Waals surface area contributed by atoms with Crippen LogP contribution in [0.15, 0.2) is 40.4 Å². The molecule has 0 heterocycles. The molecule has 3 aliphatic carbocycles. The molecular formula is C15H13Br. The van der Waals surface area contributed by atoms with Gasteiger partial charge in [-0.05, 0) is 47.9 Å². The molecule has 0 nitrogen and oxygen atoms in total. The second-order valence-electron chi connectivity index (χ2n) is 5.12. The highest BCUT2D eigenvalue weighted by atomic mass is 79.9. The normalized spacial score (nSPS) is 29.6. The lowest BCUT2D eigenvalue weighted by Crippen LogP contribution is -2.20. The first-order valence-electron chi connectivity index (χ1n) is 6.01. The number of aryl methyl sites for hydroxylation is 1. The van der Waals surface area contributed by atoms with E-state index in [1.165, 1.54) is 23.7 Å². The van der Waals surface area contributed by atoms with Crippen LogP contribution in [0.3, 0.4) is 0 Å². The van der Waals surface area contributed by atoms with Crippen molar-refractivity contribution in [2.75, 3.05) is 0 Å². The summed E-state index contributed by atoms with van der Waals surface area (Å²) in [6, 6.07) is 6.87. The van der Waals surface area contributed by atoms with Gasteiger partial charge in [-0.3, -0.25) is 0 Å². The zero-order chi connectivity index (χ0) is 10.7. The Labute approximate surface area is 104 Å². The van der Waals surface area contributed by atoms with Crippen LogP contribution in [0.5, 0.6) is 0 Å². The van der Waals surface area contributed by atoms with Gasteiger partial charge in [0.15, 0.2) is 0 Å². The topological polar surface area (TPSA) is 0 Å². The van der Waals surface area contributed by atoms with Crippen LogP contribution < -0.4 is 0 Å². The monoisotopic (exact) mass is 272 g/mol. The first-order chi connectivity index (χ1) is 7.83. The predicted molar refractivity (Wildman–Crippen MR) is 69.8 cm³/mol.